The monoisotopic (exact) mass is 427 g/mol. The third-order valence-corrected chi connectivity index (χ3v) is 4.97. The summed E-state index contributed by atoms with van der Waals surface area (Å²) < 4.78 is 7.75. The number of imidazole rings is 1. The lowest BCUT2D eigenvalue weighted by molar-refractivity contribution is -0.383. The van der Waals surface area contributed by atoms with E-state index in [1.54, 1.807) is 42.5 Å². The predicted octanol–water partition coefficient (Wildman–Crippen LogP) is 4.56. The molecule has 9 heteroatoms. The molecule has 3 aromatic heterocycles. The van der Waals surface area contributed by atoms with E-state index in [-0.39, 0.29) is 18.0 Å². The van der Waals surface area contributed by atoms with Gasteiger partial charge < -0.3 is 19.4 Å². The van der Waals surface area contributed by atoms with Crippen molar-refractivity contribution in [1.29, 1.82) is 0 Å². The molecule has 5 rings (SSSR count). The number of hydrogen-bond donors (Lipinski definition) is 2. The van der Waals surface area contributed by atoms with Gasteiger partial charge in [0.25, 0.3) is 11.6 Å². The Balaban J connectivity index is 1.30. The van der Waals surface area contributed by atoms with E-state index in [2.05, 4.69) is 15.3 Å². The highest BCUT2D eigenvalue weighted by molar-refractivity contribution is 6.06. The quantitative estimate of drug-likeness (QED) is 0.305. The van der Waals surface area contributed by atoms with Crippen LogP contribution in [0.2, 0.25) is 0 Å². The fourth-order valence-corrected chi connectivity index (χ4v) is 3.49. The summed E-state index contributed by atoms with van der Waals surface area (Å²) in [5.41, 5.74) is 2.62. The largest absolute Gasteiger partial charge is 0.487 e. The van der Waals surface area contributed by atoms with E-state index in [1.165, 1.54) is 6.07 Å². The zero-order valence-corrected chi connectivity index (χ0v) is 16.7. The molecule has 3 heterocycles. The molecule has 0 fully saturated rings. The number of nitro groups is 1. The summed E-state index contributed by atoms with van der Waals surface area (Å²) in [6.45, 7) is 0.283. The first-order valence-electron chi connectivity index (χ1n) is 9.80. The van der Waals surface area contributed by atoms with Crippen LogP contribution >= 0.6 is 0 Å². The molecule has 0 bridgehead atoms. The second kappa shape index (κ2) is 7.88. The van der Waals surface area contributed by atoms with Gasteiger partial charge in [0.05, 0.1) is 10.6 Å². The normalized spacial score (nSPS) is 11.0. The van der Waals surface area contributed by atoms with Crippen LogP contribution in [0.1, 0.15) is 16.2 Å². The minimum Gasteiger partial charge on any atom is -0.487 e. The van der Waals surface area contributed by atoms with Gasteiger partial charge >= 0.3 is 0 Å². The Morgan fingerprint density at radius 1 is 1.12 bits per heavy atom. The average molecular weight is 427 g/mol. The van der Waals surface area contributed by atoms with Gasteiger partial charge in [0, 0.05) is 35.6 Å². The Labute approximate surface area is 181 Å². The average Bonchev–Trinajstić information content (AvgIpc) is 3.41. The zero-order valence-electron chi connectivity index (χ0n) is 16.7. The number of anilines is 1. The van der Waals surface area contributed by atoms with Gasteiger partial charge in [0.2, 0.25) is 0 Å². The van der Waals surface area contributed by atoms with E-state index < -0.39 is 10.8 Å². The van der Waals surface area contributed by atoms with E-state index in [9.17, 15) is 14.9 Å². The van der Waals surface area contributed by atoms with Crippen molar-refractivity contribution in [1.82, 2.24) is 14.4 Å². The number of aromatic nitrogens is 3. The minimum atomic E-state index is -0.482. The van der Waals surface area contributed by atoms with Crippen molar-refractivity contribution in [2.24, 2.45) is 0 Å². The van der Waals surface area contributed by atoms with Crippen molar-refractivity contribution < 1.29 is 14.5 Å². The number of aromatic amines is 1. The molecule has 1 amide bonds. The van der Waals surface area contributed by atoms with Gasteiger partial charge in [-0.1, -0.05) is 24.3 Å². The second-order valence-electron chi connectivity index (χ2n) is 7.15. The van der Waals surface area contributed by atoms with Crippen LogP contribution in [-0.2, 0) is 6.61 Å². The summed E-state index contributed by atoms with van der Waals surface area (Å²) in [6, 6.07) is 19.0. The molecule has 2 aromatic carbocycles. The van der Waals surface area contributed by atoms with Crippen molar-refractivity contribution in [2.45, 2.75) is 6.61 Å². The SMILES string of the molecule is O=C(Nc1cccc(OCc2cn3ccccc3n2)c1)c1cc2cccc([N+](=O)[O-])c2[nH]1. The first-order valence-corrected chi connectivity index (χ1v) is 9.80. The molecule has 0 saturated heterocycles. The van der Waals surface area contributed by atoms with Crippen molar-refractivity contribution >= 4 is 33.8 Å². The molecule has 0 aliphatic carbocycles. The van der Waals surface area contributed by atoms with Crippen molar-refractivity contribution in [3.8, 4) is 5.75 Å². The highest BCUT2D eigenvalue weighted by Crippen LogP contribution is 2.26. The van der Waals surface area contributed by atoms with Gasteiger partial charge in [-0.2, -0.15) is 0 Å². The number of nitrogens with one attached hydrogen (secondary N) is 2. The summed E-state index contributed by atoms with van der Waals surface area (Å²) in [5, 5.41) is 14.6. The predicted molar refractivity (Wildman–Crippen MR) is 119 cm³/mol. The highest BCUT2D eigenvalue weighted by atomic mass is 16.6. The number of nitro benzene ring substituents is 1. The van der Waals surface area contributed by atoms with Crippen LogP contribution in [0.3, 0.4) is 0 Å². The summed E-state index contributed by atoms with van der Waals surface area (Å²) >= 11 is 0. The number of benzene rings is 2. The van der Waals surface area contributed by atoms with Gasteiger partial charge in [-0.3, -0.25) is 14.9 Å². The van der Waals surface area contributed by atoms with Gasteiger partial charge in [0.1, 0.15) is 29.2 Å². The number of non-ortho nitro benzene ring substituents is 1. The number of carbonyl (C=O) groups excluding carboxylic acids is 1. The Kier molecular flexibility index (Phi) is 4.75. The third kappa shape index (κ3) is 3.74. The fraction of sp³-hybridized carbons (Fsp3) is 0.0435. The molecule has 0 spiro atoms. The molecule has 158 valence electrons. The second-order valence-corrected chi connectivity index (χ2v) is 7.15. The maximum absolute atomic E-state index is 12.7. The van der Waals surface area contributed by atoms with Crippen LogP contribution < -0.4 is 10.1 Å². The standard InChI is InChI=1S/C23H17N5O4/c29-23(19-11-15-5-3-8-20(28(30)31)22(15)26-19)25-16-6-4-7-18(12-16)32-14-17-13-27-10-2-1-9-21(27)24-17/h1-13,26H,14H2,(H,25,29). The Morgan fingerprint density at radius 2 is 2.00 bits per heavy atom. The van der Waals surface area contributed by atoms with Crippen LogP contribution in [0, 0.1) is 10.1 Å². The molecule has 9 nitrogen and oxygen atoms in total. The van der Waals surface area contributed by atoms with Crippen LogP contribution in [0.4, 0.5) is 11.4 Å². The third-order valence-electron chi connectivity index (χ3n) is 4.97. The number of amides is 1. The first kappa shape index (κ1) is 19.3. The maximum atomic E-state index is 12.7. The Hall–Kier alpha value is -4.66. The smallest absolute Gasteiger partial charge is 0.293 e. The van der Waals surface area contributed by atoms with Gasteiger partial charge in [0.15, 0.2) is 0 Å². The van der Waals surface area contributed by atoms with Crippen LogP contribution in [0.15, 0.2) is 79.1 Å². The molecule has 32 heavy (non-hydrogen) atoms. The molecule has 0 unspecified atom stereocenters. The summed E-state index contributed by atoms with van der Waals surface area (Å²) in [7, 11) is 0. The number of para-hydroxylation sites is 1. The number of H-pyrrole nitrogens is 1. The number of rotatable bonds is 6. The van der Waals surface area contributed by atoms with Crippen LogP contribution in [-0.4, -0.2) is 25.2 Å². The van der Waals surface area contributed by atoms with Crippen LogP contribution in [0.5, 0.6) is 5.75 Å². The highest BCUT2D eigenvalue weighted by Gasteiger charge is 2.17. The zero-order chi connectivity index (χ0) is 22.1. The van der Waals surface area contributed by atoms with Gasteiger partial charge in [-0.05, 0) is 30.3 Å². The number of carbonyl (C=O) groups is 1. The number of ether oxygens (including phenoxy) is 1. The molecule has 0 aliphatic rings. The van der Waals surface area contributed by atoms with E-state index in [4.69, 9.17) is 4.74 Å². The van der Waals surface area contributed by atoms with Crippen molar-refractivity contribution in [2.75, 3.05) is 5.32 Å². The van der Waals surface area contributed by atoms with Gasteiger partial charge in [-0.25, -0.2) is 4.98 Å². The maximum Gasteiger partial charge on any atom is 0.293 e. The number of nitrogens with zero attached hydrogens (tertiary/aromatic N) is 3. The lowest BCUT2D eigenvalue weighted by atomic mass is 10.2. The molecule has 5 aromatic rings. The first-order chi connectivity index (χ1) is 15.6. The van der Waals surface area contributed by atoms with Crippen molar-refractivity contribution in [3.63, 3.8) is 0 Å². The van der Waals surface area contributed by atoms with Crippen LogP contribution in [0.25, 0.3) is 16.6 Å². The van der Waals surface area contributed by atoms with E-state index >= 15 is 0 Å². The molecule has 0 aliphatic heterocycles. The Bertz CT molecular complexity index is 1440. The number of pyridine rings is 1. The van der Waals surface area contributed by atoms with Crippen molar-refractivity contribution in [3.05, 3.63) is 101 Å². The number of fused-ring (bicyclic) bond motifs is 2. The number of hydrogen-bond acceptors (Lipinski definition) is 5. The summed E-state index contributed by atoms with van der Waals surface area (Å²) in [4.78, 5) is 30.7. The lowest BCUT2D eigenvalue weighted by Gasteiger charge is -2.08. The Morgan fingerprint density at radius 3 is 2.84 bits per heavy atom. The summed E-state index contributed by atoms with van der Waals surface area (Å²) in [6.07, 6.45) is 3.82. The topological polar surface area (TPSA) is 115 Å². The molecule has 0 saturated carbocycles. The van der Waals surface area contributed by atoms with E-state index in [1.807, 2.05) is 35.0 Å². The molecular formula is C23H17N5O4. The van der Waals surface area contributed by atoms with E-state index in [0.717, 1.165) is 11.3 Å². The minimum absolute atomic E-state index is 0.0797. The lowest BCUT2D eigenvalue weighted by Crippen LogP contribution is -2.12. The van der Waals surface area contributed by atoms with Gasteiger partial charge in [-0.15, -0.1) is 0 Å². The molecular weight excluding hydrogens is 410 g/mol. The molecule has 0 radical (unpaired) electrons. The summed E-state index contributed by atoms with van der Waals surface area (Å²) in [5.74, 6) is 0.167. The molecule has 2 N–H and O–H groups in total. The fourth-order valence-electron chi connectivity index (χ4n) is 3.49. The molecule has 0 atom stereocenters. The van der Waals surface area contributed by atoms with E-state index in [0.29, 0.717) is 22.3 Å².